The van der Waals surface area contributed by atoms with Crippen molar-refractivity contribution >= 4 is 15.9 Å². The second-order valence-electron chi connectivity index (χ2n) is 3.02. The fraction of sp³-hybridized carbons (Fsp3) is 0.625. The second-order valence-corrected chi connectivity index (χ2v) is 3.73. The van der Waals surface area contributed by atoms with Crippen LogP contribution in [0.5, 0.6) is 0 Å². The molecule has 1 aliphatic rings. The third-order valence-corrected chi connectivity index (χ3v) is 2.88. The molecule has 1 aromatic heterocycles. The number of fused-ring (bicyclic) bond motifs is 1. The molecule has 60 valence electrons. The summed E-state index contributed by atoms with van der Waals surface area (Å²) in [6.07, 6.45) is 3.81. The van der Waals surface area contributed by atoms with E-state index in [4.69, 9.17) is 0 Å². The number of aryl methyl sites for hydroxylation is 1. The minimum atomic E-state index is 1.00. The van der Waals surface area contributed by atoms with Gasteiger partial charge in [0.05, 0.1) is 5.69 Å². The average molecular weight is 215 g/mol. The van der Waals surface area contributed by atoms with Gasteiger partial charge in [-0.05, 0) is 42.1 Å². The topological polar surface area (TPSA) is 17.8 Å². The molecule has 2 nitrogen and oxygen atoms in total. The molecule has 0 fully saturated rings. The lowest BCUT2D eigenvalue weighted by atomic mass is 10.1. The van der Waals surface area contributed by atoms with E-state index in [2.05, 4.69) is 32.4 Å². The van der Waals surface area contributed by atoms with Gasteiger partial charge < -0.3 is 4.57 Å². The Hall–Kier alpha value is -0.310. The van der Waals surface area contributed by atoms with E-state index in [-0.39, 0.29) is 0 Å². The molecule has 0 aromatic carbocycles. The summed E-state index contributed by atoms with van der Waals surface area (Å²) in [5.41, 5.74) is 2.61. The molecule has 0 radical (unpaired) electrons. The maximum atomic E-state index is 4.37. The number of hydrogen-bond acceptors (Lipinski definition) is 1. The monoisotopic (exact) mass is 214 g/mol. The summed E-state index contributed by atoms with van der Waals surface area (Å²) >= 11 is 3.45. The normalized spacial score (nSPS) is 16.5. The molecule has 2 heterocycles. The van der Waals surface area contributed by atoms with Crippen molar-refractivity contribution in [1.82, 2.24) is 9.55 Å². The van der Waals surface area contributed by atoms with Crippen molar-refractivity contribution in [2.45, 2.75) is 32.7 Å². The molecule has 0 unspecified atom stereocenters. The van der Waals surface area contributed by atoms with Crippen molar-refractivity contribution < 1.29 is 0 Å². The number of nitrogens with zero attached hydrogens (tertiary/aromatic N) is 2. The summed E-state index contributed by atoms with van der Waals surface area (Å²) in [5, 5.41) is 0. The first-order valence-corrected chi connectivity index (χ1v) is 4.80. The van der Waals surface area contributed by atoms with Crippen molar-refractivity contribution in [2.24, 2.45) is 0 Å². The fourth-order valence-electron chi connectivity index (χ4n) is 1.68. The number of imidazole rings is 1. The second kappa shape index (κ2) is 2.63. The van der Waals surface area contributed by atoms with Gasteiger partial charge in [0.1, 0.15) is 0 Å². The van der Waals surface area contributed by atoms with Gasteiger partial charge in [0.25, 0.3) is 0 Å². The van der Waals surface area contributed by atoms with E-state index in [1.165, 1.54) is 30.7 Å². The highest BCUT2D eigenvalue weighted by Gasteiger charge is 2.15. The van der Waals surface area contributed by atoms with Crippen molar-refractivity contribution in [3.05, 3.63) is 16.1 Å². The largest absolute Gasteiger partial charge is 0.322 e. The van der Waals surface area contributed by atoms with Crippen molar-refractivity contribution in [3.8, 4) is 0 Å². The Morgan fingerprint density at radius 1 is 1.45 bits per heavy atom. The zero-order valence-corrected chi connectivity index (χ0v) is 8.19. The Bertz CT molecular complexity index is 251. The number of aromatic nitrogens is 2. The van der Waals surface area contributed by atoms with Gasteiger partial charge in [0.15, 0.2) is 4.73 Å². The van der Waals surface area contributed by atoms with Gasteiger partial charge in [-0.25, -0.2) is 4.98 Å². The van der Waals surface area contributed by atoms with E-state index in [1.807, 2.05) is 0 Å². The quantitative estimate of drug-likeness (QED) is 0.649. The Kier molecular flexibility index (Phi) is 1.75. The lowest BCUT2D eigenvalue weighted by molar-refractivity contribution is 0.523. The molecule has 0 amide bonds. The number of hydrogen-bond donors (Lipinski definition) is 0. The highest BCUT2D eigenvalue weighted by Crippen LogP contribution is 2.22. The molecule has 0 N–H and O–H groups in total. The molecule has 1 aromatic rings. The van der Waals surface area contributed by atoms with Gasteiger partial charge in [0.2, 0.25) is 0 Å². The van der Waals surface area contributed by atoms with Crippen LogP contribution >= 0.6 is 15.9 Å². The van der Waals surface area contributed by atoms with Gasteiger partial charge in [0, 0.05) is 12.2 Å². The van der Waals surface area contributed by atoms with Crippen LogP contribution in [0.2, 0.25) is 0 Å². The lowest BCUT2D eigenvalue weighted by Crippen LogP contribution is -2.10. The van der Waals surface area contributed by atoms with E-state index >= 15 is 0 Å². The predicted molar refractivity (Wildman–Crippen MR) is 47.6 cm³/mol. The molecule has 2 rings (SSSR count). The zero-order valence-electron chi connectivity index (χ0n) is 6.60. The molecular weight excluding hydrogens is 204 g/mol. The third-order valence-electron chi connectivity index (χ3n) is 2.27. The summed E-state index contributed by atoms with van der Waals surface area (Å²) in [7, 11) is 0. The van der Waals surface area contributed by atoms with E-state index in [9.17, 15) is 0 Å². The first kappa shape index (κ1) is 7.35. The Balaban J connectivity index is 2.52. The number of halogens is 1. The van der Waals surface area contributed by atoms with Gasteiger partial charge in [-0.1, -0.05) is 0 Å². The van der Waals surface area contributed by atoms with Crippen LogP contribution < -0.4 is 0 Å². The Morgan fingerprint density at radius 3 is 3.00 bits per heavy atom. The van der Waals surface area contributed by atoms with Crippen molar-refractivity contribution in [3.63, 3.8) is 0 Å². The van der Waals surface area contributed by atoms with Crippen LogP contribution in [0, 0.1) is 6.92 Å². The van der Waals surface area contributed by atoms with Gasteiger partial charge in [-0.3, -0.25) is 0 Å². The summed E-state index contributed by atoms with van der Waals surface area (Å²) in [6.45, 7) is 3.22. The molecule has 0 bridgehead atoms. The highest BCUT2D eigenvalue weighted by molar-refractivity contribution is 9.10. The van der Waals surface area contributed by atoms with Crippen molar-refractivity contribution in [2.75, 3.05) is 0 Å². The van der Waals surface area contributed by atoms with E-state index in [1.54, 1.807) is 0 Å². The first-order chi connectivity index (χ1) is 5.29. The van der Waals surface area contributed by atoms with Crippen LogP contribution in [0.4, 0.5) is 0 Å². The molecule has 11 heavy (non-hydrogen) atoms. The molecule has 0 saturated heterocycles. The van der Waals surface area contributed by atoms with Gasteiger partial charge >= 0.3 is 0 Å². The van der Waals surface area contributed by atoms with E-state index in [0.29, 0.717) is 0 Å². The maximum absolute atomic E-state index is 4.37. The van der Waals surface area contributed by atoms with Crippen molar-refractivity contribution in [1.29, 1.82) is 0 Å². The number of rotatable bonds is 0. The van der Waals surface area contributed by atoms with Crippen LogP contribution in [-0.2, 0) is 13.0 Å². The minimum Gasteiger partial charge on any atom is -0.322 e. The van der Waals surface area contributed by atoms with Crippen LogP contribution in [0.1, 0.15) is 24.2 Å². The van der Waals surface area contributed by atoms with E-state index in [0.717, 1.165) is 11.3 Å². The first-order valence-electron chi connectivity index (χ1n) is 4.00. The summed E-state index contributed by atoms with van der Waals surface area (Å²) < 4.78 is 3.28. The lowest BCUT2D eigenvalue weighted by Gasteiger charge is -2.14. The van der Waals surface area contributed by atoms with Crippen LogP contribution in [0.15, 0.2) is 4.73 Å². The van der Waals surface area contributed by atoms with E-state index < -0.39 is 0 Å². The third kappa shape index (κ3) is 1.11. The highest BCUT2D eigenvalue weighted by atomic mass is 79.9. The van der Waals surface area contributed by atoms with Gasteiger partial charge in [-0.15, -0.1) is 0 Å². The van der Waals surface area contributed by atoms with Crippen LogP contribution in [0.3, 0.4) is 0 Å². The smallest absolute Gasteiger partial charge is 0.177 e. The maximum Gasteiger partial charge on any atom is 0.177 e. The fourth-order valence-corrected chi connectivity index (χ4v) is 2.33. The molecule has 1 aliphatic heterocycles. The summed E-state index contributed by atoms with van der Waals surface area (Å²) in [4.78, 5) is 4.37. The van der Waals surface area contributed by atoms with Crippen LogP contribution in [-0.4, -0.2) is 9.55 Å². The Morgan fingerprint density at radius 2 is 2.27 bits per heavy atom. The predicted octanol–water partition coefficient (Wildman–Crippen LogP) is 2.29. The molecule has 3 heteroatoms. The minimum absolute atomic E-state index is 1.00. The van der Waals surface area contributed by atoms with Crippen LogP contribution in [0.25, 0.3) is 0 Å². The molecule has 0 spiro atoms. The molecular formula is C8H11BrN2. The average Bonchev–Trinajstić information content (AvgIpc) is 2.30. The molecule has 0 atom stereocenters. The molecule has 0 aliphatic carbocycles. The van der Waals surface area contributed by atoms with Gasteiger partial charge in [-0.2, -0.15) is 0 Å². The summed E-state index contributed by atoms with van der Waals surface area (Å²) in [5.74, 6) is 0. The zero-order chi connectivity index (χ0) is 7.84. The standard InChI is InChI=1S/C8H11BrN2/c1-6-7-4-2-3-5-11(7)8(9)10-6/h2-5H2,1H3. The summed E-state index contributed by atoms with van der Waals surface area (Å²) in [6, 6.07) is 0. The Labute approximate surface area is 74.8 Å². The SMILES string of the molecule is Cc1nc(Br)n2c1CCCC2. The molecule has 0 saturated carbocycles.